The van der Waals surface area contributed by atoms with Gasteiger partial charge in [-0.3, -0.25) is 9.89 Å². The van der Waals surface area contributed by atoms with Crippen LogP contribution in [0.4, 0.5) is 4.39 Å². The molecule has 1 aromatic carbocycles. The van der Waals surface area contributed by atoms with Gasteiger partial charge in [0.2, 0.25) is 0 Å². The second kappa shape index (κ2) is 12.0. The minimum atomic E-state index is -0.278. The molecule has 0 saturated heterocycles. The van der Waals surface area contributed by atoms with Gasteiger partial charge in [-0.05, 0) is 45.4 Å². The molecule has 0 radical (unpaired) electrons. The van der Waals surface area contributed by atoms with Gasteiger partial charge in [0, 0.05) is 51.2 Å². The second-order valence-electron chi connectivity index (χ2n) is 7.03. The lowest BCUT2D eigenvalue weighted by atomic mass is 10.2. The van der Waals surface area contributed by atoms with Crippen molar-refractivity contribution in [3.05, 3.63) is 48.3 Å². The average molecular weight is 502 g/mol. The number of aliphatic imine (C=N–C) groups is 1. The first kappa shape index (κ1) is 24.4. The van der Waals surface area contributed by atoms with Crippen LogP contribution in [0.3, 0.4) is 0 Å². The highest BCUT2D eigenvalue weighted by atomic mass is 127. The van der Waals surface area contributed by atoms with Crippen molar-refractivity contribution in [1.29, 1.82) is 0 Å². The highest BCUT2D eigenvalue weighted by molar-refractivity contribution is 14.0. The first-order chi connectivity index (χ1) is 12.9. The van der Waals surface area contributed by atoms with Gasteiger partial charge in [0.05, 0.1) is 12.0 Å². The van der Waals surface area contributed by atoms with E-state index in [2.05, 4.69) is 53.2 Å². The van der Waals surface area contributed by atoms with Crippen LogP contribution in [-0.2, 0) is 6.54 Å². The fourth-order valence-corrected chi connectivity index (χ4v) is 3.09. The van der Waals surface area contributed by atoms with Crippen molar-refractivity contribution >= 4 is 29.9 Å². The fraction of sp³-hybridized carbons (Fsp3) is 0.500. The van der Waals surface area contributed by atoms with E-state index in [1.54, 1.807) is 36.4 Å². The van der Waals surface area contributed by atoms with E-state index in [0.717, 1.165) is 18.7 Å². The van der Waals surface area contributed by atoms with Gasteiger partial charge >= 0.3 is 0 Å². The monoisotopic (exact) mass is 502 g/mol. The molecule has 2 N–H and O–H groups in total. The number of aromatic nitrogens is 2. The van der Waals surface area contributed by atoms with Crippen LogP contribution in [0.25, 0.3) is 5.69 Å². The van der Waals surface area contributed by atoms with Crippen LogP contribution in [-0.4, -0.2) is 52.6 Å². The van der Waals surface area contributed by atoms with Crippen LogP contribution in [0.5, 0.6) is 0 Å². The molecule has 1 heterocycles. The maximum atomic E-state index is 14.3. The third-order valence-electron chi connectivity index (χ3n) is 4.47. The van der Waals surface area contributed by atoms with Crippen molar-refractivity contribution in [1.82, 2.24) is 25.1 Å². The summed E-state index contributed by atoms with van der Waals surface area (Å²) in [5.41, 5.74) is 1.34. The van der Waals surface area contributed by atoms with Gasteiger partial charge in [-0.2, -0.15) is 0 Å². The van der Waals surface area contributed by atoms with E-state index < -0.39 is 0 Å². The molecule has 8 heteroatoms. The van der Waals surface area contributed by atoms with Crippen molar-refractivity contribution in [2.75, 3.05) is 20.1 Å². The molecule has 28 heavy (non-hydrogen) atoms. The SMILES string of the molecule is CN=C(NCCN(C(C)C)C(C)C)NCc1ccc(-n2ccnc2)c(F)c1.I. The molecule has 6 nitrogen and oxygen atoms in total. The predicted molar refractivity (Wildman–Crippen MR) is 124 cm³/mol. The molecule has 0 aliphatic heterocycles. The van der Waals surface area contributed by atoms with Crippen molar-refractivity contribution in [3.8, 4) is 5.69 Å². The summed E-state index contributed by atoms with van der Waals surface area (Å²) in [7, 11) is 1.74. The highest BCUT2D eigenvalue weighted by Gasteiger charge is 2.12. The number of hydrogen-bond donors (Lipinski definition) is 2. The topological polar surface area (TPSA) is 57.5 Å². The average Bonchev–Trinajstić information content (AvgIpc) is 3.14. The largest absolute Gasteiger partial charge is 0.355 e. The van der Waals surface area contributed by atoms with Crippen molar-refractivity contribution in [3.63, 3.8) is 0 Å². The van der Waals surface area contributed by atoms with Crippen molar-refractivity contribution < 1.29 is 4.39 Å². The number of imidazole rings is 1. The minimum Gasteiger partial charge on any atom is -0.355 e. The van der Waals surface area contributed by atoms with Crippen LogP contribution in [0.1, 0.15) is 33.3 Å². The van der Waals surface area contributed by atoms with Gasteiger partial charge in [0.1, 0.15) is 5.82 Å². The van der Waals surface area contributed by atoms with E-state index in [9.17, 15) is 4.39 Å². The first-order valence-electron chi connectivity index (χ1n) is 9.39. The molecule has 156 valence electrons. The van der Waals surface area contributed by atoms with Crippen molar-refractivity contribution in [2.24, 2.45) is 4.99 Å². The highest BCUT2D eigenvalue weighted by Crippen LogP contribution is 2.14. The quantitative estimate of drug-likeness (QED) is 0.330. The molecule has 0 bridgehead atoms. The molecule has 0 fully saturated rings. The summed E-state index contributed by atoms with van der Waals surface area (Å²) in [6.45, 7) is 11.0. The maximum Gasteiger partial charge on any atom is 0.191 e. The molecular weight excluding hydrogens is 470 g/mol. The standard InChI is InChI=1S/C20H31FN6.HI/c1-15(2)27(16(3)4)11-9-24-20(22-5)25-13-17-6-7-19(18(21)12-17)26-10-8-23-14-26;/h6-8,10,12,14-16H,9,11,13H2,1-5H3,(H2,22,24,25);1H. The van der Waals surface area contributed by atoms with Crippen LogP contribution in [0.15, 0.2) is 41.9 Å². The molecule has 0 amide bonds. The Hall–Kier alpha value is -1.68. The summed E-state index contributed by atoms with van der Waals surface area (Å²) in [6, 6.07) is 6.19. The lowest BCUT2D eigenvalue weighted by Gasteiger charge is -2.30. The molecule has 0 aliphatic rings. The minimum absolute atomic E-state index is 0. The normalized spacial score (nSPS) is 11.8. The Kier molecular flexibility index (Phi) is 10.4. The maximum absolute atomic E-state index is 14.3. The summed E-state index contributed by atoms with van der Waals surface area (Å²) in [6.07, 6.45) is 4.93. The lowest BCUT2D eigenvalue weighted by molar-refractivity contribution is 0.178. The predicted octanol–water partition coefficient (Wildman–Crippen LogP) is 3.41. The fourth-order valence-electron chi connectivity index (χ4n) is 3.09. The molecule has 0 spiro atoms. The lowest BCUT2D eigenvalue weighted by Crippen LogP contribution is -2.45. The zero-order valence-electron chi connectivity index (χ0n) is 17.3. The number of nitrogens with zero attached hydrogens (tertiary/aromatic N) is 4. The molecule has 0 atom stereocenters. The van der Waals surface area contributed by atoms with Crippen LogP contribution < -0.4 is 10.6 Å². The Morgan fingerprint density at radius 1 is 1.21 bits per heavy atom. The summed E-state index contributed by atoms with van der Waals surface area (Å²) in [5.74, 6) is 0.432. The zero-order valence-corrected chi connectivity index (χ0v) is 19.6. The Morgan fingerprint density at radius 3 is 2.46 bits per heavy atom. The molecule has 0 unspecified atom stereocenters. The Labute approximate surface area is 184 Å². The van der Waals surface area contributed by atoms with Crippen LogP contribution >= 0.6 is 24.0 Å². The Balaban J connectivity index is 0.00000392. The zero-order chi connectivity index (χ0) is 19.8. The van der Waals surface area contributed by atoms with Gasteiger partial charge < -0.3 is 15.2 Å². The van der Waals surface area contributed by atoms with Crippen LogP contribution in [0.2, 0.25) is 0 Å². The molecule has 0 saturated carbocycles. The van der Waals surface area contributed by atoms with Crippen LogP contribution in [0, 0.1) is 5.82 Å². The Bertz CT molecular complexity index is 722. The number of benzene rings is 1. The number of rotatable bonds is 8. The third-order valence-corrected chi connectivity index (χ3v) is 4.47. The van der Waals surface area contributed by atoms with Crippen molar-refractivity contribution in [2.45, 2.75) is 46.3 Å². The second-order valence-corrected chi connectivity index (χ2v) is 7.03. The summed E-state index contributed by atoms with van der Waals surface area (Å²) < 4.78 is 16.0. The number of nitrogens with one attached hydrogen (secondary N) is 2. The molecule has 1 aromatic heterocycles. The van der Waals surface area contributed by atoms with E-state index in [1.807, 2.05) is 6.07 Å². The summed E-state index contributed by atoms with van der Waals surface area (Å²) >= 11 is 0. The van der Waals surface area contributed by atoms with E-state index in [1.165, 1.54) is 6.07 Å². The van der Waals surface area contributed by atoms with E-state index in [-0.39, 0.29) is 29.8 Å². The Morgan fingerprint density at radius 2 is 1.93 bits per heavy atom. The van der Waals surface area contributed by atoms with Gasteiger partial charge in [-0.1, -0.05) is 6.07 Å². The third kappa shape index (κ3) is 7.05. The number of halogens is 2. The first-order valence-corrected chi connectivity index (χ1v) is 9.39. The van der Waals surface area contributed by atoms with E-state index in [4.69, 9.17) is 0 Å². The molecular formula is C20H32FIN6. The van der Waals surface area contributed by atoms with E-state index >= 15 is 0 Å². The van der Waals surface area contributed by atoms with Gasteiger partial charge in [0.25, 0.3) is 0 Å². The van der Waals surface area contributed by atoms with Gasteiger partial charge in [-0.15, -0.1) is 24.0 Å². The smallest absolute Gasteiger partial charge is 0.191 e. The molecule has 2 rings (SSSR count). The molecule has 0 aliphatic carbocycles. The number of hydrogen-bond acceptors (Lipinski definition) is 3. The van der Waals surface area contributed by atoms with Gasteiger partial charge in [-0.25, -0.2) is 9.37 Å². The van der Waals surface area contributed by atoms with Gasteiger partial charge in [0.15, 0.2) is 5.96 Å². The molecule has 2 aromatic rings. The number of guanidine groups is 1. The summed E-state index contributed by atoms with van der Waals surface area (Å²) in [5, 5.41) is 6.55. The summed E-state index contributed by atoms with van der Waals surface area (Å²) in [4.78, 5) is 10.6. The van der Waals surface area contributed by atoms with E-state index in [0.29, 0.717) is 30.3 Å².